The highest BCUT2D eigenvalue weighted by Gasteiger charge is 2.29. The standard InChI is InChI=1S/C22H29F3N4O5/c1-4-11-28(13-9-15-7-5-8-16(14-15)34-21(2,3)19(31)32)17-18(30)29(20(33)27-26-17)12-6-10-22(23,24)25/h5,7-8,14H,4,6,9-13H2,1-3H3,(H,27,33)(H,31,32). The number of carbonyl (C=O) groups is 1. The molecule has 1 heterocycles. The molecule has 0 aliphatic carbocycles. The van der Waals surface area contributed by atoms with E-state index >= 15 is 0 Å². The minimum Gasteiger partial charge on any atom is -0.478 e. The topological polar surface area (TPSA) is 118 Å². The molecule has 0 saturated carbocycles. The lowest BCUT2D eigenvalue weighted by atomic mass is 10.1. The summed E-state index contributed by atoms with van der Waals surface area (Å²) in [5.74, 6) is -0.781. The van der Waals surface area contributed by atoms with E-state index in [0.717, 1.165) is 10.1 Å². The van der Waals surface area contributed by atoms with Crippen molar-refractivity contribution in [3.8, 4) is 5.75 Å². The molecule has 0 saturated heterocycles. The van der Waals surface area contributed by atoms with E-state index < -0.39 is 41.8 Å². The van der Waals surface area contributed by atoms with Gasteiger partial charge in [0, 0.05) is 26.1 Å². The van der Waals surface area contributed by atoms with Gasteiger partial charge in [-0.2, -0.15) is 13.2 Å². The highest BCUT2D eigenvalue weighted by Crippen LogP contribution is 2.22. The first kappa shape index (κ1) is 26.9. The number of aromatic nitrogens is 3. The molecule has 2 aromatic rings. The van der Waals surface area contributed by atoms with Crippen molar-refractivity contribution in [2.75, 3.05) is 18.0 Å². The number of ether oxygens (including phenoxy) is 1. The molecule has 2 rings (SSSR count). The lowest BCUT2D eigenvalue weighted by Crippen LogP contribution is -2.42. The van der Waals surface area contributed by atoms with Crippen molar-refractivity contribution >= 4 is 11.8 Å². The van der Waals surface area contributed by atoms with Crippen molar-refractivity contribution in [2.45, 2.75) is 64.8 Å². The summed E-state index contributed by atoms with van der Waals surface area (Å²) < 4.78 is 43.7. The number of anilines is 1. The zero-order chi connectivity index (χ0) is 25.5. The van der Waals surface area contributed by atoms with Crippen molar-refractivity contribution in [1.82, 2.24) is 14.8 Å². The van der Waals surface area contributed by atoms with Gasteiger partial charge in [0.2, 0.25) is 5.82 Å². The van der Waals surface area contributed by atoms with Crippen LogP contribution in [0.1, 0.15) is 45.6 Å². The first-order chi connectivity index (χ1) is 15.8. The Bertz CT molecular complexity index is 1090. The Morgan fingerprint density at radius 1 is 1.24 bits per heavy atom. The quantitative estimate of drug-likeness (QED) is 0.474. The zero-order valence-corrected chi connectivity index (χ0v) is 19.3. The molecule has 34 heavy (non-hydrogen) atoms. The number of alkyl halides is 3. The van der Waals surface area contributed by atoms with Gasteiger partial charge in [-0.25, -0.2) is 14.7 Å². The number of H-pyrrole nitrogens is 1. The number of nitrogens with one attached hydrogen (secondary N) is 1. The van der Waals surface area contributed by atoms with Crippen LogP contribution in [0, 0.1) is 0 Å². The summed E-state index contributed by atoms with van der Waals surface area (Å²) in [4.78, 5) is 37.8. The van der Waals surface area contributed by atoms with Crippen molar-refractivity contribution in [3.63, 3.8) is 0 Å². The van der Waals surface area contributed by atoms with Crippen LogP contribution in [0.25, 0.3) is 0 Å². The number of aliphatic carboxylic acids is 1. The van der Waals surface area contributed by atoms with Gasteiger partial charge < -0.3 is 14.7 Å². The third kappa shape index (κ3) is 7.63. The zero-order valence-electron chi connectivity index (χ0n) is 19.3. The maximum atomic E-state index is 12.8. The predicted octanol–water partition coefficient (Wildman–Crippen LogP) is 2.98. The average molecular weight is 486 g/mol. The summed E-state index contributed by atoms with van der Waals surface area (Å²) in [5.41, 5.74) is -2.21. The molecule has 0 aliphatic heterocycles. The molecule has 0 fully saturated rings. The second-order valence-electron chi connectivity index (χ2n) is 8.33. The normalized spacial score (nSPS) is 11.9. The van der Waals surface area contributed by atoms with Crippen molar-refractivity contribution in [2.24, 2.45) is 0 Å². The van der Waals surface area contributed by atoms with Gasteiger partial charge >= 0.3 is 17.8 Å². The van der Waals surface area contributed by atoms with Crippen LogP contribution in [0.15, 0.2) is 33.9 Å². The van der Waals surface area contributed by atoms with Crippen molar-refractivity contribution < 1.29 is 27.8 Å². The molecule has 1 aromatic carbocycles. The summed E-state index contributed by atoms with van der Waals surface area (Å²) in [7, 11) is 0. The molecule has 2 N–H and O–H groups in total. The van der Waals surface area contributed by atoms with E-state index in [1.165, 1.54) is 13.8 Å². The summed E-state index contributed by atoms with van der Waals surface area (Å²) in [6.45, 7) is 5.15. The van der Waals surface area contributed by atoms with E-state index in [0.29, 0.717) is 31.7 Å². The van der Waals surface area contributed by atoms with Gasteiger partial charge in [0.15, 0.2) is 5.60 Å². The molecule has 0 amide bonds. The van der Waals surface area contributed by atoms with Gasteiger partial charge in [-0.3, -0.25) is 9.36 Å². The SMILES string of the molecule is CCCN(CCc1cccc(OC(C)(C)C(=O)O)c1)c1n[nH]c(=O)n(CCCC(F)(F)F)c1=O. The van der Waals surface area contributed by atoms with Crippen LogP contribution >= 0.6 is 0 Å². The Labute approximate surface area is 194 Å². The molecule has 1 aromatic heterocycles. The summed E-state index contributed by atoms with van der Waals surface area (Å²) in [5, 5.41) is 15.3. The van der Waals surface area contributed by atoms with Crippen molar-refractivity contribution in [3.05, 3.63) is 50.7 Å². The fraction of sp³-hybridized carbons (Fsp3) is 0.545. The van der Waals surface area contributed by atoms with Crippen LogP contribution in [0.3, 0.4) is 0 Å². The highest BCUT2D eigenvalue weighted by molar-refractivity contribution is 5.76. The third-order valence-corrected chi connectivity index (χ3v) is 5.03. The molecule has 0 bridgehead atoms. The van der Waals surface area contributed by atoms with Gasteiger partial charge in [-0.15, -0.1) is 5.10 Å². The Hall–Kier alpha value is -3.31. The Balaban J connectivity index is 2.19. The number of rotatable bonds is 12. The van der Waals surface area contributed by atoms with Gasteiger partial charge in [-0.05, 0) is 50.8 Å². The Morgan fingerprint density at radius 3 is 2.56 bits per heavy atom. The minimum absolute atomic E-state index is 0.0483. The number of carboxylic acids is 1. The Kier molecular flexibility index (Phi) is 8.88. The minimum atomic E-state index is -4.38. The number of hydrogen-bond acceptors (Lipinski definition) is 6. The molecule has 0 aliphatic rings. The molecule has 0 unspecified atom stereocenters. The van der Waals surface area contributed by atoms with Crippen LogP contribution < -0.4 is 20.9 Å². The lowest BCUT2D eigenvalue weighted by Gasteiger charge is -2.23. The summed E-state index contributed by atoms with van der Waals surface area (Å²) in [6.07, 6.45) is -4.78. The molecule has 188 valence electrons. The average Bonchev–Trinajstić information content (AvgIpc) is 2.73. The lowest BCUT2D eigenvalue weighted by molar-refractivity contribution is -0.152. The summed E-state index contributed by atoms with van der Waals surface area (Å²) in [6, 6.07) is 6.88. The number of nitrogens with zero attached hydrogens (tertiary/aromatic N) is 3. The fourth-order valence-electron chi connectivity index (χ4n) is 3.23. The van der Waals surface area contributed by atoms with Crippen LogP contribution in [0.4, 0.5) is 19.0 Å². The third-order valence-electron chi connectivity index (χ3n) is 5.03. The Morgan fingerprint density at radius 2 is 1.94 bits per heavy atom. The van der Waals surface area contributed by atoms with E-state index in [-0.39, 0.29) is 12.4 Å². The van der Waals surface area contributed by atoms with E-state index in [9.17, 15) is 32.7 Å². The number of hydrogen-bond donors (Lipinski definition) is 2. The van der Waals surface area contributed by atoms with E-state index in [4.69, 9.17) is 4.74 Å². The first-order valence-corrected chi connectivity index (χ1v) is 10.9. The van der Waals surface area contributed by atoms with Gasteiger partial charge in [0.1, 0.15) is 5.75 Å². The maximum Gasteiger partial charge on any atom is 0.389 e. The largest absolute Gasteiger partial charge is 0.478 e. The van der Waals surface area contributed by atoms with E-state index in [1.807, 2.05) is 13.0 Å². The van der Waals surface area contributed by atoms with Crippen molar-refractivity contribution in [1.29, 1.82) is 0 Å². The smallest absolute Gasteiger partial charge is 0.389 e. The molecule has 12 heteroatoms. The molecular formula is C22H29F3N4O5. The van der Waals surface area contributed by atoms with E-state index in [2.05, 4.69) is 10.2 Å². The van der Waals surface area contributed by atoms with Gasteiger partial charge in [0.05, 0.1) is 0 Å². The second-order valence-corrected chi connectivity index (χ2v) is 8.33. The van der Waals surface area contributed by atoms with Gasteiger partial charge in [0.25, 0.3) is 5.56 Å². The number of aromatic amines is 1. The number of halogens is 3. The second kappa shape index (κ2) is 11.2. The first-order valence-electron chi connectivity index (χ1n) is 10.9. The summed E-state index contributed by atoms with van der Waals surface area (Å²) >= 11 is 0. The predicted molar refractivity (Wildman–Crippen MR) is 119 cm³/mol. The number of carboxylic acid groups (broad SMARTS) is 1. The van der Waals surface area contributed by atoms with E-state index in [1.54, 1.807) is 23.1 Å². The van der Waals surface area contributed by atoms with Gasteiger partial charge in [-0.1, -0.05) is 19.1 Å². The molecule has 9 nitrogen and oxygen atoms in total. The maximum absolute atomic E-state index is 12.8. The number of benzene rings is 1. The monoisotopic (exact) mass is 486 g/mol. The van der Waals surface area contributed by atoms with Crippen LogP contribution in [-0.2, 0) is 17.8 Å². The highest BCUT2D eigenvalue weighted by atomic mass is 19.4. The molecule has 0 spiro atoms. The van der Waals surface area contributed by atoms with Crippen LogP contribution in [0.5, 0.6) is 5.75 Å². The van der Waals surface area contributed by atoms with Crippen LogP contribution in [-0.4, -0.2) is 50.7 Å². The molecule has 0 atom stereocenters. The molecule has 0 radical (unpaired) electrons. The fourth-order valence-corrected chi connectivity index (χ4v) is 3.23. The van der Waals surface area contributed by atoms with Crippen LogP contribution in [0.2, 0.25) is 0 Å². The molecular weight excluding hydrogens is 457 g/mol.